The number of halogens is 3. The molecule has 0 aliphatic heterocycles. The van der Waals surface area contributed by atoms with E-state index in [2.05, 4.69) is 5.32 Å². The van der Waals surface area contributed by atoms with Crippen molar-refractivity contribution >= 4 is 62.3 Å². The third-order valence-electron chi connectivity index (χ3n) is 6.74. The van der Waals surface area contributed by atoms with E-state index in [9.17, 15) is 18.0 Å². The fourth-order valence-corrected chi connectivity index (χ4v) is 6.16. The van der Waals surface area contributed by atoms with Gasteiger partial charge in [0.2, 0.25) is 21.8 Å². The Morgan fingerprint density at radius 1 is 1.00 bits per heavy atom. The van der Waals surface area contributed by atoms with Crippen molar-refractivity contribution in [1.82, 2.24) is 10.2 Å². The van der Waals surface area contributed by atoms with E-state index in [1.54, 1.807) is 49.4 Å². The third-order valence-corrected chi connectivity index (χ3v) is 8.77. The summed E-state index contributed by atoms with van der Waals surface area (Å²) < 4.78 is 26.1. The van der Waals surface area contributed by atoms with Gasteiger partial charge in [-0.2, -0.15) is 0 Å². The highest BCUT2D eigenvalue weighted by Gasteiger charge is 2.29. The summed E-state index contributed by atoms with van der Waals surface area (Å²) in [5.74, 6) is -0.485. The van der Waals surface area contributed by atoms with Gasteiger partial charge in [-0.15, -0.1) is 0 Å². The Bertz CT molecular complexity index is 1220. The first-order valence-electron chi connectivity index (χ1n) is 12.7. The molecule has 3 rings (SSSR count). The zero-order chi connectivity index (χ0) is 27.9. The summed E-state index contributed by atoms with van der Waals surface area (Å²) in [4.78, 5) is 28.1. The van der Waals surface area contributed by atoms with Crippen LogP contribution in [-0.4, -0.2) is 50.0 Å². The maximum absolute atomic E-state index is 13.5. The smallest absolute Gasteiger partial charge is 0.242 e. The number of amides is 2. The van der Waals surface area contributed by atoms with Gasteiger partial charge in [-0.25, -0.2) is 8.42 Å². The molecule has 0 saturated heterocycles. The fraction of sp³-hybridized carbons (Fsp3) is 0.481. The molecule has 1 atom stereocenters. The average molecular weight is 603 g/mol. The molecule has 1 aliphatic carbocycles. The van der Waals surface area contributed by atoms with Crippen LogP contribution in [0.15, 0.2) is 42.5 Å². The normalized spacial score (nSPS) is 15.1. The van der Waals surface area contributed by atoms with E-state index in [-0.39, 0.29) is 43.8 Å². The summed E-state index contributed by atoms with van der Waals surface area (Å²) in [5, 5.41) is 4.47. The molecule has 1 unspecified atom stereocenters. The van der Waals surface area contributed by atoms with Crippen LogP contribution in [0.25, 0.3) is 0 Å². The first kappa shape index (κ1) is 30.5. The zero-order valence-electron chi connectivity index (χ0n) is 21.6. The molecule has 208 valence electrons. The van der Waals surface area contributed by atoms with Crippen LogP contribution in [0.5, 0.6) is 0 Å². The van der Waals surface area contributed by atoms with E-state index in [4.69, 9.17) is 34.8 Å². The number of nitrogens with one attached hydrogen (secondary N) is 1. The standard InChI is InChI=1S/C27H34Cl3N3O4S/c1-19(27(35)31-23-7-4-3-5-8-23)32(18-20-10-11-22(29)17-25(20)30)26(34)9-6-16-33(38(2,36)37)24-14-12-21(28)13-15-24/h10-15,17,19,23H,3-9,16,18H2,1-2H3,(H,31,35). The van der Waals surface area contributed by atoms with Gasteiger partial charge in [-0.05, 0) is 68.1 Å². The minimum Gasteiger partial charge on any atom is -0.352 e. The van der Waals surface area contributed by atoms with Gasteiger partial charge in [-0.1, -0.05) is 60.1 Å². The topological polar surface area (TPSA) is 86.8 Å². The Hall–Kier alpha value is -2.00. The molecule has 2 aromatic carbocycles. The van der Waals surface area contributed by atoms with Crippen molar-refractivity contribution in [2.45, 2.75) is 70.5 Å². The summed E-state index contributed by atoms with van der Waals surface area (Å²) in [5.41, 5.74) is 1.13. The van der Waals surface area contributed by atoms with Crippen LogP contribution in [0, 0.1) is 0 Å². The highest BCUT2D eigenvalue weighted by atomic mass is 35.5. The number of sulfonamides is 1. The monoisotopic (exact) mass is 601 g/mol. The number of rotatable bonds is 11. The average Bonchev–Trinajstić information content (AvgIpc) is 2.86. The SMILES string of the molecule is CC(C(=O)NC1CCCCC1)N(Cc1ccc(Cl)cc1Cl)C(=O)CCCN(c1ccc(Cl)cc1)S(C)(=O)=O. The van der Waals surface area contributed by atoms with Crippen LogP contribution in [0.1, 0.15) is 57.4 Å². The summed E-state index contributed by atoms with van der Waals surface area (Å²) in [6, 6.07) is 10.9. The molecule has 0 aromatic heterocycles. The number of carbonyl (C=O) groups excluding carboxylic acids is 2. The van der Waals surface area contributed by atoms with Gasteiger partial charge in [-0.3, -0.25) is 13.9 Å². The largest absolute Gasteiger partial charge is 0.352 e. The van der Waals surface area contributed by atoms with Crippen molar-refractivity contribution in [3.63, 3.8) is 0 Å². The number of anilines is 1. The van der Waals surface area contributed by atoms with Crippen molar-refractivity contribution < 1.29 is 18.0 Å². The Labute approximate surface area is 240 Å². The zero-order valence-corrected chi connectivity index (χ0v) is 24.7. The van der Waals surface area contributed by atoms with Crippen LogP contribution < -0.4 is 9.62 Å². The second kappa shape index (κ2) is 13.9. The maximum Gasteiger partial charge on any atom is 0.242 e. The first-order chi connectivity index (χ1) is 18.0. The predicted molar refractivity (Wildman–Crippen MR) is 154 cm³/mol. The molecule has 0 bridgehead atoms. The summed E-state index contributed by atoms with van der Waals surface area (Å²) in [6.07, 6.45) is 6.61. The minimum absolute atomic E-state index is 0.0475. The van der Waals surface area contributed by atoms with Gasteiger partial charge < -0.3 is 10.2 Å². The predicted octanol–water partition coefficient (Wildman–Crippen LogP) is 6.06. The van der Waals surface area contributed by atoms with Crippen LogP contribution in [0.3, 0.4) is 0 Å². The number of nitrogens with zero attached hydrogens (tertiary/aromatic N) is 2. The Morgan fingerprint density at radius 3 is 2.24 bits per heavy atom. The van der Waals surface area contributed by atoms with Gasteiger partial charge in [0.25, 0.3) is 0 Å². The Balaban J connectivity index is 1.74. The molecule has 0 radical (unpaired) electrons. The first-order valence-corrected chi connectivity index (χ1v) is 15.7. The highest BCUT2D eigenvalue weighted by molar-refractivity contribution is 7.92. The summed E-state index contributed by atoms with van der Waals surface area (Å²) in [7, 11) is -3.58. The number of carbonyl (C=O) groups is 2. The van der Waals surface area contributed by atoms with E-state index >= 15 is 0 Å². The van der Waals surface area contributed by atoms with Crippen LogP contribution in [-0.2, 0) is 26.2 Å². The molecule has 38 heavy (non-hydrogen) atoms. The van der Waals surface area contributed by atoms with Gasteiger partial charge in [0.05, 0.1) is 11.9 Å². The van der Waals surface area contributed by atoms with E-state index in [1.165, 1.54) is 15.6 Å². The second-order valence-electron chi connectivity index (χ2n) is 9.69. The van der Waals surface area contributed by atoms with Crippen molar-refractivity contribution in [2.75, 3.05) is 17.1 Å². The molecule has 7 nitrogen and oxygen atoms in total. The lowest BCUT2D eigenvalue weighted by atomic mass is 9.95. The Kier molecular flexibility index (Phi) is 11.2. The molecule has 1 saturated carbocycles. The lowest BCUT2D eigenvalue weighted by Gasteiger charge is -2.32. The number of hydrogen-bond acceptors (Lipinski definition) is 4. The number of benzene rings is 2. The van der Waals surface area contributed by atoms with Crippen molar-refractivity contribution in [3.05, 3.63) is 63.1 Å². The lowest BCUT2D eigenvalue weighted by molar-refractivity contribution is -0.141. The van der Waals surface area contributed by atoms with Gasteiger partial charge in [0.1, 0.15) is 6.04 Å². The van der Waals surface area contributed by atoms with Crippen molar-refractivity contribution in [2.24, 2.45) is 0 Å². The molecule has 0 spiro atoms. The molecule has 2 aromatic rings. The molecular weight excluding hydrogens is 569 g/mol. The Morgan fingerprint density at radius 2 is 1.63 bits per heavy atom. The molecule has 0 heterocycles. The fourth-order valence-electron chi connectivity index (χ4n) is 4.60. The van der Waals surface area contributed by atoms with E-state index in [0.717, 1.165) is 31.9 Å². The minimum atomic E-state index is -3.58. The molecule has 1 N–H and O–H groups in total. The quantitative estimate of drug-likeness (QED) is 0.339. The van der Waals surface area contributed by atoms with E-state index in [1.807, 2.05) is 0 Å². The molecule has 1 aliphatic rings. The number of hydrogen-bond donors (Lipinski definition) is 1. The third kappa shape index (κ3) is 8.76. The maximum atomic E-state index is 13.5. The summed E-state index contributed by atoms with van der Waals surface area (Å²) >= 11 is 18.4. The summed E-state index contributed by atoms with van der Waals surface area (Å²) in [6.45, 7) is 1.93. The van der Waals surface area contributed by atoms with Crippen molar-refractivity contribution in [3.8, 4) is 0 Å². The molecular formula is C27H34Cl3N3O4S. The van der Waals surface area contributed by atoms with Gasteiger partial charge in [0, 0.05) is 40.6 Å². The molecule has 1 fully saturated rings. The highest BCUT2D eigenvalue weighted by Crippen LogP contribution is 2.25. The molecule has 11 heteroatoms. The van der Waals surface area contributed by atoms with Crippen molar-refractivity contribution in [1.29, 1.82) is 0 Å². The van der Waals surface area contributed by atoms with Crippen LogP contribution in [0.4, 0.5) is 5.69 Å². The van der Waals surface area contributed by atoms with E-state index in [0.29, 0.717) is 26.3 Å². The van der Waals surface area contributed by atoms with Gasteiger partial charge >= 0.3 is 0 Å². The van der Waals surface area contributed by atoms with Crippen LogP contribution >= 0.6 is 34.8 Å². The molecule has 2 amide bonds. The second-order valence-corrected chi connectivity index (χ2v) is 12.9. The lowest BCUT2D eigenvalue weighted by Crippen LogP contribution is -2.50. The van der Waals surface area contributed by atoms with Crippen LogP contribution in [0.2, 0.25) is 15.1 Å². The van der Waals surface area contributed by atoms with Gasteiger partial charge in [0.15, 0.2) is 0 Å². The van der Waals surface area contributed by atoms with E-state index < -0.39 is 16.1 Å².